The average Bonchev–Trinajstić information content (AvgIpc) is 2.35. The molecule has 5 heteroatoms. The van der Waals surface area contributed by atoms with E-state index in [2.05, 4.69) is 0 Å². The summed E-state index contributed by atoms with van der Waals surface area (Å²) < 4.78 is 5.67. The van der Waals surface area contributed by atoms with Gasteiger partial charge in [-0.3, -0.25) is 4.79 Å². The van der Waals surface area contributed by atoms with Gasteiger partial charge in [-0.05, 0) is 42.0 Å². The molecule has 0 fully saturated rings. The minimum atomic E-state index is -0.502. The molecule has 0 bridgehead atoms. The van der Waals surface area contributed by atoms with Gasteiger partial charge >= 0.3 is 0 Å². The second-order valence-electron chi connectivity index (χ2n) is 4.02. The van der Waals surface area contributed by atoms with Crippen molar-refractivity contribution in [3.8, 4) is 11.5 Å². The third kappa shape index (κ3) is 4.30. The fraction of sp³-hybridized carbons (Fsp3) is 0. The Morgan fingerprint density at radius 3 is 2.40 bits per heavy atom. The number of ether oxygens (including phenoxy) is 1. The van der Waals surface area contributed by atoms with Crippen LogP contribution in [0.3, 0.4) is 0 Å². The van der Waals surface area contributed by atoms with E-state index >= 15 is 0 Å². The van der Waals surface area contributed by atoms with Gasteiger partial charge in [-0.15, -0.1) is 0 Å². The number of nitrogens with two attached hydrogens (primary N) is 1. The molecule has 0 aliphatic heterocycles. The molecular weight excluding hydrogens is 297 g/mol. The van der Waals surface area contributed by atoms with E-state index in [0.717, 1.165) is 5.56 Å². The maximum atomic E-state index is 10.7. The molecule has 0 saturated heterocycles. The Bertz CT molecular complexity index is 648. The van der Waals surface area contributed by atoms with Crippen molar-refractivity contribution in [2.24, 2.45) is 5.73 Å². The van der Waals surface area contributed by atoms with Crippen molar-refractivity contribution in [2.45, 2.75) is 0 Å². The lowest BCUT2D eigenvalue weighted by Gasteiger charge is -2.07. The molecule has 102 valence electrons. The van der Waals surface area contributed by atoms with Crippen LogP contribution in [0.5, 0.6) is 11.5 Å². The zero-order chi connectivity index (χ0) is 14.5. The number of benzene rings is 2. The molecule has 3 nitrogen and oxygen atoms in total. The van der Waals surface area contributed by atoms with E-state index in [-0.39, 0.29) is 0 Å². The second kappa shape index (κ2) is 6.46. The van der Waals surface area contributed by atoms with Crippen LogP contribution in [-0.4, -0.2) is 5.91 Å². The molecule has 0 atom stereocenters. The summed E-state index contributed by atoms with van der Waals surface area (Å²) in [6, 6.07) is 12.2. The van der Waals surface area contributed by atoms with Crippen LogP contribution in [0, 0.1) is 0 Å². The van der Waals surface area contributed by atoms with Crippen LogP contribution in [0.1, 0.15) is 5.56 Å². The normalized spacial score (nSPS) is 10.7. The maximum absolute atomic E-state index is 10.7. The average molecular weight is 308 g/mol. The first-order valence-electron chi connectivity index (χ1n) is 5.74. The number of carbonyl (C=O) groups excluding carboxylic acids is 1. The fourth-order valence-electron chi connectivity index (χ4n) is 1.58. The third-order valence-corrected chi connectivity index (χ3v) is 2.81. The summed E-state index contributed by atoms with van der Waals surface area (Å²) in [7, 11) is 0. The number of halogens is 2. The lowest BCUT2D eigenvalue weighted by molar-refractivity contribution is -0.113. The van der Waals surface area contributed by atoms with Gasteiger partial charge in [0.2, 0.25) is 5.91 Å². The van der Waals surface area contributed by atoms with Crippen LogP contribution in [0.4, 0.5) is 0 Å². The van der Waals surface area contributed by atoms with Crippen LogP contribution >= 0.6 is 23.2 Å². The summed E-state index contributed by atoms with van der Waals surface area (Å²) in [4.78, 5) is 10.7. The van der Waals surface area contributed by atoms with E-state index in [1.54, 1.807) is 36.4 Å². The highest BCUT2D eigenvalue weighted by atomic mass is 35.5. The molecule has 0 aromatic heterocycles. The molecule has 2 aromatic rings. The first-order valence-corrected chi connectivity index (χ1v) is 6.50. The zero-order valence-corrected chi connectivity index (χ0v) is 11.9. The van der Waals surface area contributed by atoms with E-state index < -0.39 is 5.91 Å². The molecule has 0 heterocycles. The molecule has 0 aliphatic carbocycles. The molecule has 0 unspecified atom stereocenters. The Morgan fingerprint density at radius 1 is 1.05 bits per heavy atom. The van der Waals surface area contributed by atoms with Crippen molar-refractivity contribution in [2.75, 3.05) is 0 Å². The molecule has 0 radical (unpaired) electrons. The van der Waals surface area contributed by atoms with Crippen molar-refractivity contribution in [1.29, 1.82) is 0 Å². The summed E-state index contributed by atoms with van der Waals surface area (Å²) in [6.45, 7) is 0. The Morgan fingerprint density at radius 2 is 1.75 bits per heavy atom. The van der Waals surface area contributed by atoms with E-state index in [1.165, 1.54) is 6.08 Å². The number of hydrogen-bond acceptors (Lipinski definition) is 2. The van der Waals surface area contributed by atoms with Crippen LogP contribution < -0.4 is 10.5 Å². The van der Waals surface area contributed by atoms with Crippen molar-refractivity contribution >= 4 is 35.2 Å². The highest BCUT2D eigenvalue weighted by Crippen LogP contribution is 2.28. The van der Waals surface area contributed by atoms with Gasteiger partial charge in [0.15, 0.2) is 0 Å². The fourth-order valence-corrected chi connectivity index (χ4v) is 2.09. The Kier molecular flexibility index (Phi) is 4.66. The molecule has 20 heavy (non-hydrogen) atoms. The summed E-state index contributed by atoms with van der Waals surface area (Å²) in [5, 5.41) is 0.995. The predicted molar refractivity (Wildman–Crippen MR) is 81.2 cm³/mol. The van der Waals surface area contributed by atoms with Gasteiger partial charge in [-0.25, -0.2) is 0 Å². The molecule has 2 rings (SSSR count). The highest BCUT2D eigenvalue weighted by molar-refractivity contribution is 6.34. The van der Waals surface area contributed by atoms with Crippen molar-refractivity contribution < 1.29 is 9.53 Å². The Hall–Kier alpha value is -1.97. The molecule has 1 amide bonds. The second-order valence-corrected chi connectivity index (χ2v) is 4.89. The zero-order valence-electron chi connectivity index (χ0n) is 10.3. The monoisotopic (exact) mass is 307 g/mol. The molecule has 2 aromatic carbocycles. The minimum Gasteiger partial charge on any atom is -0.457 e. The summed E-state index contributed by atoms with van der Waals surface area (Å²) in [5.41, 5.74) is 5.85. The largest absolute Gasteiger partial charge is 0.457 e. The van der Waals surface area contributed by atoms with E-state index in [4.69, 9.17) is 33.7 Å². The van der Waals surface area contributed by atoms with E-state index in [0.29, 0.717) is 21.5 Å². The van der Waals surface area contributed by atoms with Crippen LogP contribution in [0.15, 0.2) is 48.5 Å². The summed E-state index contributed by atoms with van der Waals surface area (Å²) in [5.74, 6) is 0.645. The van der Waals surface area contributed by atoms with E-state index in [1.807, 2.05) is 12.1 Å². The minimum absolute atomic E-state index is 0.497. The summed E-state index contributed by atoms with van der Waals surface area (Å²) >= 11 is 11.8. The molecule has 2 N–H and O–H groups in total. The van der Waals surface area contributed by atoms with Gasteiger partial charge in [0.05, 0.1) is 0 Å². The number of rotatable bonds is 4. The molecule has 0 spiro atoms. The van der Waals surface area contributed by atoms with Crippen LogP contribution in [0.2, 0.25) is 10.0 Å². The SMILES string of the molecule is NC(=O)/C=C\c1cccc(Oc2cc(Cl)cc(Cl)c2)c1. The predicted octanol–water partition coefficient (Wildman–Crippen LogP) is 4.28. The summed E-state index contributed by atoms with van der Waals surface area (Å²) in [6.07, 6.45) is 2.90. The molecule has 0 aliphatic rings. The Labute approximate surface area is 126 Å². The first kappa shape index (κ1) is 14.4. The maximum Gasteiger partial charge on any atom is 0.241 e. The quantitative estimate of drug-likeness (QED) is 0.857. The van der Waals surface area contributed by atoms with Crippen molar-refractivity contribution in [3.05, 3.63) is 64.1 Å². The highest BCUT2D eigenvalue weighted by Gasteiger charge is 2.01. The molecule has 0 saturated carbocycles. The van der Waals surface area contributed by atoms with E-state index in [9.17, 15) is 4.79 Å². The van der Waals surface area contributed by atoms with Gasteiger partial charge in [-0.2, -0.15) is 0 Å². The Balaban J connectivity index is 2.21. The van der Waals surface area contributed by atoms with Crippen LogP contribution in [0.25, 0.3) is 6.08 Å². The van der Waals surface area contributed by atoms with Gasteiger partial charge in [0, 0.05) is 16.1 Å². The number of amides is 1. The lowest BCUT2D eigenvalue weighted by Crippen LogP contribution is -2.05. The third-order valence-electron chi connectivity index (χ3n) is 2.37. The number of hydrogen-bond donors (Lipinski definition) is 1. The van der Waals surface area contributed by atoms with Gasteiger partial charge in [0.1, 0.15) is 11.5 Å². The van der Waals surface area contributed by atoms with Gasteiger partial charge < -0.3 is 10.5 Å². The number of carbonyl (C=O) groups is 1. The van der Waals surface area contributed by atoms with Crippen molar-refractivity contribution in [3.63, 3.8) is 0 Å². The number of primary amides is 1. The van der Waals surface area contributed by atoms with Crippen molar-refractivity contribution in [1.82, 2.24) is 0 Å². The van der Waals surface area contributed by atoms with Crippen LogP contribution in [-0.2, 0) is 4.79 Å². The smallest absolute Gasteiger partial charge is 0.241 e. The van der Waals surface area contributed by atoms with Gasteiger partial charge in [0.25, 0.3) is 0 Å². The standard InChI is InChI=1S/C15H11Cl2NO2/c16-11-7-12(17)9-14(8-11)20-13-3-1-2-10(6-13)4-5-15(18)19/h1-9H,(H2,18,19)/b5-4-. The topological polar surface area (TPSA) is 52.3 Å². The van der Waals surface area contributed by atoms with Gasteiger partial charge in [-0.1, -0.05) is 35.3 Å². The molecular formula is C15H11Cl2NO2. The first-order chi connectivity index (χ1) is 9.52. The lowest BCUT2D eigenvalue weighted by atomic mass is 10.2.